The van der Waals surface area contributed by atoms with Crippen molar-refractivity contribution in [2.24, 2.45) is 0 Å². The second-order valence-corrected chi connectivity index (χ2v) is 15.9. The van der Waals surface area contributed by atoms with Crippen molar-refractivity contribution in [2.75, 3.05) is 13.2 Å². The number of sulfonamides is 2. The zero-order valence-electron chi connectivity index (χ0n) is 23.1. The molecule has 2 atom stereocenters. The Hall–Kier alpha value is -1.59. The second-order valence-electron chi connectivity index (χ2n) is 10.9. The molecule has 224 valence electrons. The average Bonchev–Trinajstić information content (AvgIpc) is 2.79. The van der Waals surface area contributed by atoms with Gasteiger partial charge in [-0.3, -0.25) is 10.6 Å². The number of nitrogens with one attached hydrogen (secondary N) is 4. The van der Waals surface area contributed by atoms with Crippen LogP contribution in [0.1, 0.15) is 41.5 Å². The van der Waals surface area contributed by atoms with Crippen LogP contribution in [-0.4, -0.2) is 59.6 Å². The lowest BCUT2D eigenvalue weighted by Gasteiger charge is -2.29. The van der Waals surface area contributed by atoms with Gasteiger partial charge in [0, 0.05) is 20.0 Å². The number of carbonyl (C=O) groups excluding carboxylic acids is 1. The lowest BCUT2D eigenvalue weighted by Crippen LogP contribution is -2.56. The van der Waals surface area contributed by atoms with Crippen LogP contribution in [0.25, 0.3) is 0 Å². The third kappa shape index (κ3) is 11.7. The average molecular weight is 729 g/mol. The Kier molecular flexibility index (Phi) is 12.2. The number of rotatable bonds is 12. The molecule has 15 heteroatoms. The molecule has 4 N–H and O–H groups in total. The van der Waals surface area contributed by atoms with Gasteiger partial charge in [-0.05, 0) is 97.7 Å². The van der Waals surface area contributed by atoms with E-state index >= 15 is 0 Å². The topological polar surface area (TPSA) is 152 Å². The molecule has 2 unspecified atom stereocenters. The number of ether oxygens (including phenoxy) is 2. The van der Waals surface area contributed by atoms with Crippen LogP contribution in [0.15, 0.2) is 67.3 Å². The number of hydrogen-bond donors (Lipinski definition) is 4. The van der Waals surface area contributed by atoms with Gasteiger partial charge in [0.1, 0.15) is 25.5 Å². The van der Waals surface area contributed by atoms with Crippen LogP contribution in [0.5, 0.6) is 0 Å². The van der Waals surface area contributed by atoms with E-state index in [0.717, 1.165) is 0 Å². The summed E-state index contributed by atoms with van der Waals surface area (Å²) in [5.74, 6) is 0. The zero-order valence-corrected chi connectivity index (χ0v) is 27.9. The van der Waals surface area contributed by atoms with E-state index in [4.69, 9.17) is 9.47 Å². The molecule has 11 nitrogen and oxygen atoms in total. The molecule has 0 aliphatic heterocycles. The lowest BCUT2D eigenvalue weighted by atomic mass is 10.1. The van der Waals surface area contributed by atoms with Crippen LogP contribution in [-0.2, 0) is 29.5 Å². The van der Waals surface area contributed by atoms with Gasteiger partial charge in [0.05, 0.1) is 9.79 Å². The highest BCUT2D eigenvalue weighted by Gasteiger charge is 2.28. The van der Waals surface area contributed by atoms with Gasteiger partial charge in [-0.25, -0.2) is 21.6 Å². The van der Waals surface area contributed by atoms with Crippen molar-refractivity contribution in [2.45, 2.75) is 74.7 Å². The van der Waals surface area contributed by atoms with Gasteiger partial charge in [-0.2, -0.15) is 9.44 Å². The van der Waals surface area contributed by atoms with E-state index in [1.54, 1.807) is 36.4 Å². The van der Waals surface area contributed by atoms with Crippen molar-refractivity contribution >= 4 is 58.1 Å². The number of hydrogen-bond acceptors (Lipinski definition) is 9. The van der Waals surface area contributed by atoms with Crippen molar-refractivity contribution in [1.29, 1.82) is 0 Å². The third-order valence-electron chi connectivity index (χ3n) is 4.80. The maximum Gasteiger partial charge on any atom is 0.508 e. The minimum atomic E-state index is -3.99. The van der Waals surface area contributed by atoms with Gasteiger partial charge >= 0.3 is 6.16 Å². The minimum absolute atomic E-state index is 0.0201. The first-order chi connectivity index (χ1) is 18.3. The first kappa shape index (κ1) is 34.6. The van der Waals surface area contributed by atoms with Crippen molar-refractivity contribution in [3.8, 4) is 0 Å². The predicted octanol–water partition coefficient (Wildman–Crippen LogP) is 4.05. The predicted molar refractivity (Wildman–Crippen MR) is 160 cm³/mol. The molecule has 0 radical (unpaired) electrons. The smallest absolute Gasteiger partial charge is 0.431 e. The quantitative estimate of drug-likeness (QED) is 0.188. The van der Waals surface area contributed by atoms with Gasteiger partial charge in [0.2, 0.25) is 20.0 Å². The second kappa shape index (κ2) is 14.1. The van der Waals surface area contributed by atoms with E-state index in [1.807, 2.05) is 41.5 Å². The summed E-state index contributed by atoms with van der Waals surface area (Å²) in [7, 11) is -7.98. The first-order valence-corrected chi connectivity index (χ1v) is 16.7. The lowest BCUT2D eigenvalue weighted by molar-refractivity contribution is 0.0363. The van der Waals surface area contributed by atoms with Gasteiger partial charge in [-0.15, -0.1) is 0 Å². The largest absolute Gasteiger partial charge is 0.508 e. The van der Waals surface area contributed by atoms with Crippen LogP contribution in [0.2, 0.25) is 0 Å². The standard InChI is InChI=1S/C25H36Br2N4O7S2/c1-24(2,3)28-21(30-39(33,34)19-13-9-7-11-17(19)26)15-37-23(32)38-16-22(29-25(4,5)6)31-40(35,36)20-14-10-8-12-18(20)27/h7-14,21-22,28-31H,15-16H2,1-6H3. The Balaban J connectivity index is 2.10. The van der Waals surface area contributed by atoms with Gasteiger partial charge in [0.15, 0.2) is 0 Å². The van der Waals surface area contributed by atoms with Gasteiger partial charge in [-0.1, -0.05) is 24.3 Å². The molecular weight excluding hydrogens is 692 g/mol. The highest BCUT2D eigenvalue weighted by atomic mass is 79.9. The van der Waals surface area contributed by atoms with Crippen molar-refractivity contribution in [1.82, 2.24) is 20.1 Å². The molecule has 0 fully saturated rings. The molecule has 0 spiro atoms. The monoisotopic (exact) mass is 726 g/mol. The SMILES string of the molecule is CC(C)(C)NC(COC(=O)OCC(NC(C)(C)C)NS(=O)(=O)c1ccccc1Br)NS(=O)(=O)c1ccccc1Br. The number of carbonyl (C=O) groups is 1. The van der Waals surface area contributed by atoms with Crippen molar-refractivity contribution < 1.29 is 31.1 Å². The molecule has 0 aliphatic carbocycles. The molecule has 0 aliphatic rings. The number of halogens is 2. The Morgan fingerprint density at radius 3 is 1.32 bits per heavy atom. The molecule has 40 heavy (non-hydrogen) atoms. The molecule has 2 aromatic carbocycles. The van der Waals surface area contributed by atoms with E-state index in [9.17, 15) is 21.6 Å². The molecule has 0 heterocycles. The van der Waals surface area contributed by atoms with Gasteiger partial charge < -0.3 is 9.47 Å². The molecule has 2 aromatic rings. The summed E-state index contributed by atoms with van der Waals surface area (Å²) in [6.45, 7) is 10.1. The highest BCUT2D eigenvalue weighted by molar-refractivity contribution is 9.10. The van der Waals surface area contributed by atoms with Crippen molar-refractivity contribution in [3.05, 3.63) is 57.5 Å². The fourth-order valence-electron chi connectivity index (χ4n) is 3.43. The minimum Gasteiger partial charge on any atom is -0.431 e. The van der Waals surface area contributed by atoms with E-state index in [1.165, 1.54) is 12.1 Å². The van der Waals surface area contributed by atoms with E-state index in [0.29, 0.717) is 8.95 Å². The summed E-state index contributed by atoms with van der Waals surface area (Å²) in [4.78, 5) is 12.5. The van der Waals surface area contributed by atoms with E-state index in [-0.39, 0.29) is 9.79 Å². The molecule has 0 saturated heterocycles. The third-order valence-corrected chi connectivity index (χ3v) is 9.76. The van der Waals surface area contributed by atoms with Gasteiger partial charge in [0.25, 0.3) is 0 Å². The van der Waals surface area contributed by atoms with Crippen LogP contribution in [0.3, 0.4) is 0 Å². The molecule has 0 aromatic heterocycles. The molecule has 2 rings (SSSR count). The van der Waals surface area contributed by atoms with Crippen LogP contribution < -0.4 is 20.1 Å². The molecule has 0 amide bonds. The summed E-state index contributed by atoms with van der Waals surface area (Å²) in [6.07, 6.45) is -3.11. The Labute approximate surface area is 253 Å². The molecular formula is C25H36Br2N4O7S2. The Morgan fingerprint density at radius 2 is 1.02 bits per heavy atom. The summed E-state index contributed by atoms with van der Waals surface area (Å²) in [5.41, 5.74) is -1.08. The Bertz CT molecular complexity index is 1270. The molecule has 0 saturated carbocycles. The zero-order chi connectivity index (χ0) is 30.4. The van der Waals surface area contributed by atoms with Crippen LogP contribution in [0, 0.1) is 0 Å². The fraction of sp³-hybridized carbons (Fsp3) is 0.480. The van der Waals surface area contributed by atoms with Crippen LogP contribution in [0.4, 0.5) is 4.79 Å². The maximum atomic E-state index is 13.0. The fourth-order valence-corrected chi connectivity index (χ4v) is 7.70. The first-order valence-electron chi connectivity index (χ1n) is 12.2. The highest BCUT2D eigenvalue weighted by Crippen LogP contribution is 2.22. The van der Waals surface area contributed by atoms with E-state index < -0.39 is 62.8 Å². The van der Waals surface area contributed by atoms with E-state index in [2.05, 4.69) is 51.9 Å². The van der Waals surface area contributed by atoms with Crippen molar-refractivity contribution in [3.63, 3.8) is 0 Å². The number of benzene rings is 2. The summed E-state index contributed by atoms with van der Waals surface area (Å²) in [5, 5.41) is 6.12. The van der Waals surface area contributed by atoms with Crippen LogP contribution >= 0.6 is 31.9 Å². The Morgan fingerprint density at radius 1 is 0.700 bits per heavy atom. The summed E-state index contributed by atoms with van der Waals surface area (Å²) >= 11 is 6.48. The maximum absolute atomic E-state index is 13.0. The molecule has 0 bridgehead atoms. The summed E-state index contributed by atoms with van der Waals surface area (Å²) in [6, 6.07) is 12.6. The summed E-state index contributed by atoms with van der Waals surface area (Å²) < 4.78 is 68.1. The normalized spacial score (nSPS) is 14.4.